The highest BCUT2D eigenvalue weighted by Crippen LogP contribution is 2.33. The fourth-order valence-corrected chi connectivity index (χ4v) is 4.07. The molecule has 0 aliphatic rings. The number of nitrogens with zero attached hydrogens (tertiary/aromatic N) is 1. The van der Waals surface area contributed by atoms with Crippen LogP contribution in [-0.2, 0) is 22.1 Å². The van der Waals surface area contributed by atoms with Gasteiger partial charge in [-0.1, -0.05) is 54.6 Å². The van der Waals surface area contributed by atoms with Gasteiger partial charge in [-0.15, -0.1) is 4.91 Å². The van der Waals surface area contributed by atoms with Gasteiger partial charge in [0, 0.05) is 22.7 Å². The second-order valence-electron chi connectivity index (χ2n) is 7.95. The van der Waals surface area contributed by atoms with Crippen molar-refractivity contribution in [2.45, 2.75) is 51.4 Å². The van der Waals surface area contributed by atoms with Gasteiger partial charge in [-0.25, -0.2) is 4.79 Å². The third-order valence-corrected chi connectivity index (χ3v) is 5.69. The van der Waals surface area contributed by atoms with Gasteiger partial charge in [-0.3, -0.25) is 4.79 Å². The van der Waals surface area contributed by atoms with Crippen LogP contribution in [0.3, 0.4) is 0 Å². The monoisotopic (exact) mass is 430 g/mol. The lowest BCUT2D eigenvalue weighted by Crippen LogP contribution is -2.41. The number of rotatable bonds is 8. The molecule has 0 spiro atoms. The summed E-state index contributed by atoms with van der Waals surface area (Å²) >= 11 is 0. The van der Waals surface area contributed by atoms with Crippen LogP contribution in [0.4, 0.5) is 4.79 Å². The molecule has 0 aromatic heterocycles. The molecule has 30 heavy (non-hydrogen) atoms. The lowest BCUT2D eigenvalue weighted by molar-refractivity contribution is -0.118. The predicted octanol–water partition coefficient (Wildman–Crippen LogP) is 4.02. The molecule has 2 N–H and O–H groups in total. The number of ether oxygens (including phenoxy) is 1. The maximum atomic E-state index is 12.1. The van der Waals surface area contributed by atoms with Crippen LogP contribution in [0.5, 0.6) is 0 Å². The number of hydrogen-bond donors (Lipinski definition) is 2. The molecule has 2 aromatic carbocycles. The van der Waals surface area contributed by atoms with Crippen molar-refractivity contribution in [1.29, 1.82) is 0 Å². The summed E-state index contributed by atoms with van der Waals surface area (Å²) in [5.74, 6) is -0.839. The molecule has 8 heteroatoms. The number of carbonyl (C=O) groups excluding carboxylic acids is 2. The first-order valence-electron chi connectivity index (χ1n) is 9.61. The van der Waals surface area contributed by atoms with Crippen LogP contribution in [-0.4, -0.2) is 28.5 Å². The Hall–Kier alpha value is -2.63. The lowest BCUT2D eigenvalue weighted by atomic mass is 10.0. The molecule has 0 saturated carbocycles. The van der Waals surface area contributed by atoms with E-state index in [1.165, 1.54) is 0 Å². The molecule has 2 rings (SSSR count). The molecule has 0 saturated heterocycles. The zero-order valence-electron chi connectivity index (χ0n) is 17.4. The highest BCUT2D eigenvalue weighted by Gasteiger charge is 2.22. The first-order valence-corrected chi connectivity index (χ1v) is 11.1. The fourth-order valence-electron chi connectivity index (χ4n) is 2.83. The third kappa shape index (κ3) is 8.39. The van der Waals surface area contributed by atoms with E-state index in [0.29, 0.717) is 12.6 Å². The summed E-state index contributed by atoms with van der Waals surface area (Å²) in [5, 5.41) is 5.88. The summed E-state index contributed by atoms with van der Waals surface area (Å²) in [6.07, 6.45) is 0.0101. The Kier molecular flexibility index (Phi) is 8.63. The van der Waals surface area contributed by atoms with E-state index in [9.17, 15) is 19.4 Å². The van der Waals surface area contributed by atoms with Gasteiger partial charge in [0.25, 0.3) is 5.91 Å². The molecule has 2 amide bonds. The van der Waals surface area contributed by atoms with Gasteiger partial charge in [-0.2, -0.15) is 0 Å². The van der Waals surface area contributed by atoms with E-state index in [-0.39, 0.29) is 6.42 Å². The van der Waals surface area contributed by atoms with E-state index in [2.05, 4.69) is 10.5 Å². The number of amides is 2. The molecule has 0 aliphatic carbocycles. The molecular formula is C22H27N2O5P. The second-order valence-corrected chi connectivity index (χ2v) is 9.58. The second kappa shape index (κ2) is 11.0. The average Bonchev–Trinajstić information content (AvgIpc) is 2.67. The van der Waals surface area contributed by atoms with E-state index in [1.807, 2.05) is 54.6 Å². The van der Waals surface area contributed by atoms with E-state index in [1.54, 1.807) is 20.8 Å². The molecule has 2 atom stereocenters. The van der Waals surface area contributed by atoms with Crippen molar-refractivity contribution in [2.24, 2.45) is 5.18 Å². The van der Waals surface area contributed by atoms with Crippen LogP contribution in [0, 0.1) is 4.91 Å². The van der Waals surface area contributed by atoms with Crippen LogP contribution in [0.1, 0.15) is 38.3 Å². The van der Waals surface area contributed by atoms with E-state index in [4.69, 9.17) is 4.74 Å². The van der Waals surface area contributed by atoms with Crippen molar-refractivity contribution in [3.05, 3.63) is 70.6 Å². The Labute approximate surface area is 177 Å². The van der Waals surface area contributed by atoms with E-state index in [0.717, 1.165) is 16.4 Å². The SMILES string of the molecule is CC(C)(C)OC(=O)NC(CC(=O)N=O)Cc1ccc(P(O)Cc2ccccc2)cc1. The summed E-state index contributed by atoms with van der Waals surface area (Å²) in [4.78, 5) is 44.6. The molecule has 0 fully saturated rings. The van der Waals surface area contributed by atoms with Gasteiger partial charge in [-0.05, 0) is 38.3 Å². The molecular weight excluding hydrogens is 403 g/mol. The van der Waals surface area contributed by atoms with Crippen molar-refractivity contribution in [3.8, 4) is 0 Å². The van der Waals surface area contributed by atoms with Crippen LogP contribution in [0.2, 0.25) is 0 Å². The Morgan fingerprint density at radius 2 is 1.70 bits per heavy atom. The smallest absolute Gasteiger partial charge is 0.407 e. The highest BCUT2D eigenvalue weighted by atomic mass is 31.1. The summed E-state index contributed by atoms with van der Waals surface area (Å²) < 4.78 is 5.23. The quantitative estimate of drug-likeness (QED) is 0.486. The Balaban J connectivity index is 2.03. The highest BCUT2D eigenvalue weighted by molar-refractivity contribution is 7.59. The predicted molar refractivity (Wildman–Crippen MR) is 118 cm³/mol. The molecule has 0 heterocycles. The summed E-state index contributed by atoms with van der Waals surface area (Å²) in [6.45, 7) is 5.21. The topological polar surface area (TPSA) is 105 Å². The molecule has 0 radical (unpaired) electrons. The van der Waals surface area contributed by atoms with E-state index >= 15 is 0 Å². The van der Waals surface area contributed by atoms with Crippen LogP contribution < -0.4 is 10.6 Å². The zero-order valence-corrected chi connectivity index (χ0v) is 18.3. The lowest BCUT2D eigenvalue weighted by Gasteiger charge is -2.23. The fraction of sp³-hybridized carbons (Fsp3) is 0.364. The molecule has 0 aliphatic heterocycles. The van der Waals surface area contributed by atoms with E-state index < -0.39 is 31.8 Å². The summed E-state index contributed by atoms with van der Waals surface area (Å²) in [7, 11) is -1.33. The van der Waals surface area contributed by atoms with Crippen molar-refractivity contribution < 1.29 is 19.2 Å². The number of benzene rings is 2. The Bertz CT molecular complexity index is 850. The standard InChI is InChI=1S/C22H27N2O5P/c1-22(2,3)29-21(26)23-18(14-20(25)24-27)13-16-9-11-19(12-10-16)30(28)15-17-7-5-4-6-8-17/h4-12,18,28H,13-15H2,1-3H3,(H,23,26). The van der Waals surface area contributed by atoms with Crippen molar-refractivity contribution in [1.82, 2.24) is 5.32 Å². The van der Waals surface area contributed by atoms with Crippen molar-refractivity contribution in [2.75, 3.05) is 0 Å². The Morgan fingerprint density at radius 3 is 2.27 bits per heavy atom. The van der Waals surface area contributed by atoms with Gasteiger partial charge in [0.1, 0.15) is 5.60 Å². The number of nitrogens with one attached hydrogen (secondary N) is 1. The van der Waals surface area contributed by atoms with Crippen LogP contribution in [0.25, 0.3) is 0 Å². The number of hydrogen-bond acceptors (Lipinski definition) is 5. The number of nitroso groups, excluding NO2 is 1. The first-order chi connectivity index (χ1) is 14.2. The van der Waals surface area contributed by atoms with Gasteiger partial charge in [0.2, 0.25) is 0 Å². The largest absolute Gasteiger partial charge is 0.444 e. The van der Waals surface area contributed by atoms with Gasteiger partial charge >= 0.3 is 6.09 Å². The molecule has 0 bridgehead atoms. The van der Waals surface area contributed by atoms with Crippen molar-refractivity contribution >= 4 is 25.5 Å². The Morgan fingerprint density at radius 1 is 1.07 bits per heavy atom. The van der Waals surface area contributed by atoms with Gasteiger partial charge in [0.05, 0.1) is 14.6 Å². The molecule has 2 unspecified atom stereocenters. The minimum Gasteiger partial charge on any atom is -0.444 e. The maximum absolute atomic E-state index is 12.1. The number of carbonyl (C=O) groups is 2. The average molecular weight is 430 g/mol. The first kappa shape index (κ1) is 23.6. The molecule has 160 valence electrons. The van der Waals surface area contributed by atoms with Crippen LogP contribution in [0.15, 0.2) is 59.8 Å². The third-order valence-electron chi connectivity index (χ3n) is 4.14. The van der Waals surface area contributed by atoms with Gasteiger partial charge < -0.3 is 14.9 Å². The normalized spacial score (nSPS) is 13.2. The summed E-state index contributed by atoms with van der Waals surface area (Å²) in [5.41, 5.74) is 1.23. The molecule has 2 aromatic rings. The van der Waals surface area contributed by atoms with Gasteiger partial charge in [0.15, 0.2) is 0 Å². The summed E-state index contributed by atoms with van der Waals surface area (Å²) in [6, 6.07) is 16.5. The minimum atomic E-state index is -1.33. The maximum Gasteiger partial charge on any atom is 0.407 e. The minimum absolute atomic E-state index is 0.217. The van der Waals surface area contributed by atoms with Crippen molar-refractivity contribution in [3.63, 3.8) is 0 Å². The molecule has 7 nitrogen and oxygen atoms in total. The number of alkyl carbamates (subject to hydrolysis) is 1. The van der Waals surface area contributed by atoms with Crippen LogP contribution >= 0.6 is 8.15 Å². The zero-order chi connectivity index (χ0) is 22.1.